The topological polar surface area (TPSA) is 41.1 Å². The van der Waals surface area contributed by atoms with Crippen molar-refractivity contribution in [3.63, 3.8) is 0 Å². The van der Waals surface area contributed by atoms with Crippen molar-refractivity contribution in [2.45, 2.75) is 13.0 Å². The van der Waals surface area contributed by atoms with E-state index in [1.165, 1.54) is 18.2 Å². The Balaban J connectivity index is 1.64. The van der Waals surface area contributed by atoms with Gasteiger partial charge in [-0.15, -0.1) is 0 Å². The van der Waals surface area contributed by atoms with Crippen LogP contribution in [-0.4, -0.2) is 19.0 Å². The van der Waals surface area contributed by atoms with Crippen molar-refractivity contribution in [1.29, 1.82) is 0 Å². The first-order chi connectivity index (χ1) is 10.6. The summed E-state index contributed by atoms with van der Waals surface area (Å²) >= 11 is 0. The Bertz CT molecular complexity index is 614. The van der Waals surface area contributed by atoms with Crippen LogP contribution in [0.1, 0.15) is 11.1 Å². The molecule has 0 spiro atoms. The van der Waals surface area contributed by atoms with E-state index in [1.807, 2.05) is 0 Å². The van der Waals surface area contributed by atoms with E-state index in [0.717, 1.165) is 5.56 Å². The third-order valence-corrected chi connectivity index (χ3v) is 3.20. The molecule has 0 radical (unpaired) electrons. The summed E-state index contributed by atoms with van der Waals surface area (Å²) in [5, 5.41) is 5.70. The first-order valence-electron chi connectivity index (χ1n) is 7.10. The summed E-state index contributed by atoms with van der Waals surface area (Å²) in [5.74, 6) is -0.695. The van der Waals surface area contributed by atoms with Crippen molar-refractivity contribution in [3.05, 3.63) is 71.3 Å². The molecule has 0 aliphatic rings. The van der Waals surface area contributed by atoms with Crippen molar-refractivity contribution in [2.24, 2.45) is 0 Å². The third-order valence-electron chi connectivity index (χ3n) is 3.20. The lowest BCUT2D eigenvalue weighted by Gasteiger charge is -2.07. The number of carbonyl (C=O) groups excluding carboxylic acids is 1. The van der Waals surface area contributed by atoms with Crippen molar-refractivity contribution in [1.82, 2.24) is 10.6 Å². The van der Waals surface area contributed by atoms with E-state index in [1.54, 1.807) is 30.3 Å². The van der Waals surface area contributed by atoms with Gasteiger partial charge in [0.15, 0.2) is 0 Å². The van der Waals surface area contributed by atoms with Gasteiger partial charge in [-0.1, -0.05) is 30.3 Å². The normalized spacial score (nSPS) is 10.5. The quantitative estimate of drug-likeness (QED) is 0.825. The summed E-state index contributed by atoms with van der Waals surface area (Å²) < 4.78 is 26.1. The summed E-state index contributed by atoms with van der Waals surface area (Å²) in [6.07, 6.45) is 0.455. The van der Waals surface area contributed by atoms with Gasteiger partial charge in [-0.05, 0) is 35.7 Å². The average Bonchev–Trinajstić information content (AvgIpc) is 2.51. The molecule has 0 aliphatic heterocycles. The molecule has 0 heterocycles. The summed E-state index contributed by atoms with van der Waals surface area (Å²) in [7, 11) is 0. The molecule has 0 aromatic heterocycles. The summed E-state index contributed by atoms with van der Waals surface area (Å²) in [6, 6.07) is 12.6. The lowest BCUT2D eigenvalue weighted by molar-refractivity contribution is -0.120. The van der Waals surface area contributed by atoms with E-state index in [0.29, 0.717) is 25.1 Å². The molecule has 2 aromatic carbocycles. The minimum atomic E-state index is -0.283. The standard InChI is InChI=1S/C17H18F2N2O/c18-15-7-5-13(6-8-15)11-20-12-17(22)21-10-9-14-3-1-2-4-16(14)19/h1-8,20H,9-12H2,(H,21,22). The van der Waals surface area contributed by atoms with E-state index in [-0.39, 0.29) is 24.1 Å². The summed E-state index contributed by atoms with van der Waals surface area (Å²) in [6.45, 7) is 1.04. The number of nitrogens with one attached hydrogen (secondary N) is 2. The molecule has 3 nitrogen and oxygen atoms in total. The maximum Gasteiger partial charge on any atom is 0.233 e. The Morgan fingerprint density at radius 1 is 1.00 bits per heavy atom. The Labute approximate surface area is 128 Å². The monoisotopic (exact) mass is 304 g/mol. The molecule has 0 atom stereocenters. The van der Waals surface area contributed by atoms with Crippen LogP contribution in [-0.2, 0) is 17.8 Å². The average molecular weight is 304 g/mol. The molecule has 5 heteroatoms. The van der Waals surface area contributed by atoms with Crippen LogP contribution in [0.4, 0.5) is 8.78 Å². The van der Waals surface area contributed by atoms with Crippen molar-refractivity contribution in [2.75, 3.05) is 13.1 Å². The van der Waals surface area contributed by atoms with E-state index >= 15 is 0 Å². The van der Waals surface area contributed by atoms with Crippen molar-refractivity contribution in [3.8, 4) is 0 Å². The van der Waals surface area contributed by atoms with Gasteiger partial charge in [0.25, 0.3) is 0 Å². The van der Waals surface area contributed by atoms with Crippen molar-refractivity contribution < 1.29 is 13.6 Å². The maximum atomic E-state index is 13.4. The molecule has 116 valence electrons. The number of carbonyl (C=O) groups is 1. The molecule has 1 amide bonds. The van der Waals surface area contributed by atoms with Gasteiger partial charge in [-0.2, -0.15) is 0 Å². The van der Waals surface area contributed by atoms with E-state index in [2.05, 4.69) is 10.6 Å². The smallest absolute Gasteiger partial charge is 0.233 e. The van der Waals surface area contributed by atoms with Gasteiger partial charge in [0.05, 0.1) is 6.54 Å². The predicted octanol–water partition coefficient (Wildman–Crippen LogP) is 2.41. The van der Waals surface area contributed by atoms with Crippen LogP contribution in [0.2, 0.25) is 0 Å². The molecule has 2 rings (SSSR count). The zero-order valence-corrected chi connectivity index (χ0v) is 12.1. The largest absolute Gasteiger partial charge is 0.355 e. The predicted molar refractivity (Wildman–Crippen MR) is 81.2 cm³/mol. The third kappa shape index (κ3) is 5.26. The van der Waals surface area contributed by atoms with Gasteiger partial charge in [-0.25, -0.2) is 8.78 Å². The van der Waals surface area contributed by atoms with Crippen LogP contribution in [0.25, 0.3) is 0 Å². The number of halogens is 2. The summed E-state index contributed by atoms with van der Waals surface area (Å²) in [4.78, 5) is 11.6. The lowest BCUT2D eigenvalue weighted by Crippen LogP contribution is -2.34. The molecular formula is C17H18F2N2O. The highest BCUT2D eigenvalue weighted by Crippen LogP contribution is 2.06. The fourth-order valence-electron chi connectivity index (χ4n) is 2.02. The molecule has 0 aliphatic carbocycles. The second kappa shape index (κ2) is 8.24. The second-order valence-electron chi connectivity index (χ2n) is 4.92. The zero-order valence-electron chi connectivity index (χ0n) is 12.1. The van der Waals surface area contributed by atoms with Gasteiger partial charge >= 0.3 is 0 Å². The lowest BCUT2D eigenvalue weighted by atomic mass is 10.1. The second-order valence-corrected chi connectivity index (χ2v) is 4.92. The number of hydrogen-bond donors (Lipinski definition) is 2. The van der Waals surface area contributed by atoms with Crippen LogP contribution in [0.15, 0.2) is 48.5 Å². The highest BCUT2D eigenvalue weighted by Gasteiger charge is 2.03. The fourth-order valence-corrected chi connectivity index (χ4v) is 2.02. The number of benzene rings is 2. The first kappa shape index (κ1) is 16.1. The van der Waals surface area contributed by atoms with E-state index in [4.69, 9.17) is 0 Å². The first-order valence-corrected chi connectivity index (χ1v) is 7.10. The number of hydrogen-bond acceptors (Lipinski definition) is 2. The van der Waals surface area contributed by atoms with Crippen LogP contribution in [0.3, 0.4) is 0 Å². The number of rotatable bonds is 7. The molecule has 2 N–H and O–H groups in total. The van der Waals surface area contributed by atoms with Crippen LogP contribution in [0.5, 0.6) is 0 Å². The number of amides is 1. The minimum Gasteiger partial charge on any atom is -0.355 e. The van der Waals surface area contributed by atoms with E-state index in [9.17, 15) is 13.6 Å². The van der Waals surface area contributed by atoms with Gasteiger partial charge in [0.2, 0.25) is 5.91 Å². The molecule has 0 saturated heterocycles. The molecule has 0 saturated carbocycles. The van der Waals surface area contributed by atoms with Crippen molar-refractivity contribution >= 4 is 5.91 Å². The Morgan fingerprint density at radius 3 is 2.45 bits per heavy atom. The van der Waals surface area contributed by atoms with Gasteiger partial charge in [-0.3, -0.25) is 4.79 Å². The molecule has 2 aromatic rings. The maximum absolute atomic E-state index is 13.4. The molecule has 22 heavy (non-hydrogen) atoms. The fraction of sp³-hybridized carbons (Fsp3) is 0.235. The Hall–Kier alpha value is -2.27. The van der Waals surface area contributed by atoms with Gasteiger partial charge in [0.1, 0.15) is 11.6 Å². The summed E-state index contributed by atoms with van der Waals surface area (Å²) in [5.41, 5.74) is 1.49. The highest BCUT2D eigenvalue weighted by atomic mass is 19.1. The van der Waals surface area contributed by atoms with Crippen LogP contribution < -0.4 is 10.6 Å². The van der Waals surface area contributed by atoms with Gasteiger partial charge in [0, 0.05) is 13.1 Å². The highest BCUT2D eigenvalue weighted by molar-refractivity contribution is 5.77. The molecule has 0 bridgehead atoms. The Morgan fingerprint density at radius 2 is 1.73 bits per heavy atom. The molecule has 0 unspecified atom stereocenters. The Kier molecular flexibility index (Phi) is 6.03. The molecule has 0 fully saturated rings. The van der Waals surface area contributed by atoms with Crippen LogP contribution >= 0.6 is 0 Å². The SMILES string of the molecule is O=C(CNCc1ccc(F)cc1)NCCc1ccccc1F. The van der Waals surface area contributed by atoms with Gasteiger partial charge < -0.3 is 10.6 Å². The zero-order chi connectivity index (χ0) is 15.8. The van der Waals surface area contributed by atoms with E-state index < -0.39 is 0 Å². The minimum absolute atomic E-state index is 0.154. The van der Waals surface area contributed by atoms with Crippen LogP contribution in [0, 0.1) is 11.6 Å². The molecular weight excluding hydrogens is 286 g/mol.